The Kier molecular flexibility index (Phi) is 5.40. The average molecular weight is 283 g/mol. The first kappa shape index (κ1) is 15.6. The van der Waals surface area contributed by atoms with Gasteiger partial charge in [-0.1, -0.05) is 43.7 Å². The molecule has 0 heterocycles. The van der Waals surface area contributed by atoms with Crippen molar-refractivity contribution in [1.29, 1.82) is 0 Å². The third kappa shape index (κ3) is 4.91. The van der Waals surface area contributed by atoms with E-state index in [9.17, 15) is 0 Å². The summed E-state index contributed by atoms with van der Waals surface area (Å²) < 4.78 is 6.06. The molecule has 112 valence electrons. The molecule has 2 nitrogen and oxygen atoms in total. The van der Waals surface area contributed by atoms with Gasteiger partial charge in [0.1, 0.15) is 11.5 Å². The number of aryl methyl sites for hydroxylation is 2. The molecule has 0 aromatic heterocycles. The van der Waals surface area contributed by atoms with E-state index in [-0.39, 0.29) is 0 Å². The Hall–Kier alpha value is -1.80. The minimum absolute atomic E-state index is 0.649. The Labute approximate surface area is 128 Å². The molecule has 0 spiro atoms. The van der Waals surface area contributed by atoms with Gasteiger partial charge >= 0.3 is 0 Å². The second kappa shape index (κ2) is 7.28. The minimum Gasteiger partial charge on any atom is -0.457 e. The lowest BCUT2D eigenvalue weighted by atomic mass is 10.1. The van der Waals surface area contributed by atoms with Crippen LogP contribution in [0, 0.1) is 19.8 Å². The van der Waals surface area contributed by atoms with Crippen molar-refractivity contribution in [2.24, 2.45) is 5.92 Å². The molecule has 2 rings (SSSR count). The van der Waals surface area contributed by atoms with Crippen LogP contribution in [-0.4, -0.2) is 6.54 Å². The van der Waals surface area contributed by atoms with Gasteiger partial charge in [0.25, 0.3) is 0 Å². The van der Waals surface area contributed by atoms with Crippen molar-refractivity contribution in [3.05, 3.63) is 59.2 Å². The van der Waals surface area contributed by atoms with Crippen LogP contribution >= 0.6 is 0 Å². The first-order valence-electron chi connectivity index (χ1n) is 7.59. The van der Waals surface area contributed by atoms with Gasteiger partial charge in [0.15, 0.2) is 0 Å². The van der Waals surface area contributed by atoms with E-state index in [1.807, 2.05) is 12.1 Å². The molecule has 2 heteroatoms. The van der Waals surface area contributed by atoms with Crippen molar-refractivity contribution in [3.63, 3.8) is 0 Å². The van der Waals surface area contributed by atoms with Crippen LogP contribution in [0.25, 0.3) is 0 Å². The first-order valence-corrected chi connectivity index (χ1v) is 7.59. The van der Waals surface area contributed by atoms with Crippen molar-refractivity contribution >= 4 is 0 Å². The molecule has 0 radical (unpaired) electrons. The fourth-order valence-electron chi connectivity index (χ4n) is 2.25. The van der Waals surface area contributed by atoms with Crippen LogP contribution in [0.4, 0.5) is 0 Å². The van der Waals surface area contributed by atoms with Crippen LogP contribution in [0.1, 0.15) is 30.5 Å². The van der Waals surface area contributed by atoms with E-state index in [0.717, 1.165) is 24.6 Å². The SMILES string of the molecule is Cc1cccc(Oc2ccc(C)cc2CNCC(C)C)c1. The molecule has 0 aliphatic heterocycles. The number of hydrogen-bond donors (Lipinski definition) is 1. The molecular formula is C19H25NO. The summed E-state index contributed by atoms with van der Waals surface area (Å²) in [5, 5.41) is 3.49. The van der Waals surface area contributed by atoms with E-state index in [4.69, 9.17) is 4.74 Å². The first-order chi connectivity index (χ1) is 10.0. The average Bonchev–Trinajstić information content (AvgIpc) is 2.41. The fraction of sp³-hybridized carbons (Fsp3) is 0.368. The highest BCUT2D eigenvalue weighted by atomic mass is 16.5. The number of rotatable bonds is 6. The van der Waals surface area contributed by atoms with E-state index in [0.29, 0.717) is 5.92 Å². The number of hydrogen-bond acceptors (Lipinski definition) is 2. The molecule has 0 aliphatic rings. The van der Waals surface area contributed by atoms with Crippen molar-refractivity contribution in [1.82, 2.24) is 5.32 Å². The third-order valence-electron chi connectivity index (χ3n) is 3.30. The number of benzene rings is 2. The highest BCUT2D eigenvalue weighted by molar-refractivity contribution is 5.41. The maximum Gasteiger partial charge on any atom is 0.131 e. The van der Waals surface area contributed by atoms with Crippen molar-refractivity contribution in [2.45, 2.75) is 34.2 Å². The predicted molar refractivity (Wildman–Crippen MR) is 89.0 cm³/mol. The lowest BCUT2D eigenvalue weighted by Crippen LogP contribution is -2.19. The predicted octanol–water partition coefficient (Wildman–Crippen LogP) is 4.84. The molecule has 0 aliphatic carbocycles. The van der Waals surface area contributed by atoms with Crippen LogP contribution in [-0.2, 0) is 6.54 Å². The lowest BCUT2D eigenvalue weighted by molar-refractivity contribution is 0.468. The Balaban J connectivity index is 2.14. The number of nitrogens with one attached hydrogen (secondary N) is 1. The smallest absolute Gasteiger partial charge is 0.131 e. The molecule has 2 aromatic carbocycles. The Morgan fingerprint density at radius 2 is 1.76 bits per heavy atom. The zero-order chi connectivity index (χ0) is 15.2. The molecule has 0 atom stereocenters. The minimum atomic E-state index is 0.649. The van der Waals surface area contributed by atoms with E-state index in [1.54, 1.807) is 0 Å². The Morgan fingerprint density at radius 1 is 1.00 bits per heavy atom. The van der Waals surface area contributed by atoms with Crippen LogP contribution in [0.5, 0.6) is 11.5 Å². The van der Waals surface area contributed by atoms with E-state index in [2.05, 4.69) is 63.3 Å². The maximum atomic E-state index is 6.06. The summed E-state index contributed by atoms with van der Waals surface area (Å²) in [4.78, 5) is 0. The van der Waals surface area contributed by atoms with Gasteiger partial charge in [-0.15, -0.1) is 0 Å². The molecule has 0 saturated heterocycles. The highest BCUT2D eigenvalue weighted by Crippen LogP contribution is 2.26. The van der Waals surface area contributed by atoms with Crippen molar-refractivity contribution in [2.75, 3.05) is 6.54 Å². The maximum absolute atomic E-state index is 6.06. The summed E-state index contributed by atoms with van der Waals surface area (Å²) in [6, 6.07) is 14.5. The van der Waals surface area contributed by atoms with Gasteiger partial charge in [-0.25, -0.2) is 0 Å². The summed E-state index contributed by atoms with van der Waals surface area (Å²) in [7, 11) is 0. The van der Waals surface area contributed by atoms with Gasteiger partial charge in [-0.05, 0) is 50.1 Å². The summed E-state index contributed by atoms with van der Waals surface area (Å²) in [5.74, 6) is 2.47. The molecule has 0 bridgehead atoms. The molecule has 0 saturated carbocycles. The second-order valence-corrected chi connectivity index (χ2v) is 6.05. The van der Waals surface area contributed by atoms with E-state index in [1.165, 1.54) is 16.7 Å². The monoisotopic (exact) mass is 283 g/mol. The Bertz CT molecular complexity index is 590. The Morgan fingerprint density at radius 3 is 2.48 bits per heavy atom. The number of ether oxygens (including phenoxy) is 1. The van der Waals surface area contributed by atoms with Gasteiger partial charge in [-0.2, -0.15) is 0 Å². The molecule has 0 fully saturated rings. The van der Waals surface area contributed by atoms with Gasteiger partial charge in [-0.3, -0.25) is 0 Å². The van der Waals surface area contributed by atoms with Crippen LogP contribution < -0.4 is 10.1 Å². The van der Waals surface area contributed by atoms with Crippen LogP contribution in [0.2, 0.25) is 0 Å². The van der Waals surface area contributed by atoms with Crippen molar-refractivity contribution in [3.8, 4) is 11.5 Å². The summed E-state index contributed by atoms with van der Waals surface area (Å²) in [6.45, 7) is 10.5. The highest BCUT2D eigenvalue weighted by Gasteiger charge is 2.06. The molecule has 0 unspecified atom stereocenters. The molecule has 21 heavy (non-hydrogen) atoms. The normalized spacial score (nSPS) is 10.9. The molecule has 2 aromatic rings. The van der Waals surface area contributed by atoms with Crippen LogP contribution in [0.3, 0.4) is 0 Å². The van der Waals surface area contributed by atoms with Gasteiger partial charge in [0, 0.05) is 12.1 Å². The largest absolute Gasteiger partial charge is 0.457 e. The lowest BCUT2D eigenvalue weighted by Gasteiger charge is -2.14. The quantitative estimate of drug-likeness (QED) is 0.819. The third-order valence-corrected chi connectivity index (χ3v) is 3.30. The summed E-state index contributed by atoms with van der Waals surface area (Å²) in [5.41, 5.74) is 3.67. The van der Waals surface area contributed by atoms with E-state index < -0.39 is 0 Å². The topological polar surface area (TPSA) is 21.3 Å². The van der Waals surface area contributed by atoms with Crippen LogP contribution in [0.15, 0.2) is 42.5 Å². The molecule has 0 amide bonds. The van der Waals surface area contributed by atoms with Gasteiger partial charge in [0.2, 0.25) is 0 Å². The van der Waals surface area contributed by atoms with Gasteiger partial charge < -0.3 is 10.1 Å². The molecule has 1 N–H and O–H groups in total. The summed E-state index contributed by atoms with van der Waals surface area (Å²) in [6.07, 6.45) is 0. The standard InChI is InChI=1S/C19H25NO/c1-14(2)12-20-13-17-10-16(4)8-9-19(17)21-18-7-5-6-15(3)11-18/h5-11,14,20H,12-13H2,1-4H3. The van der Waals surface area contributed by atoms with E-state index >= 15 is 0 Å². The zero-order valence-corrected chi connectivity index (χ0v) is 13.4. The second-order valence-electron chi connectivity index (χ2n) is 6.05. The zero-order valence-electron chi connectivity index (χ0n) is 13.4. The van der Waals surface area contributed by atoms with Crippen molar-refractivity contribution < 1.29 is 4.74 Å². The van der Waals surface area contributed by atoms with Gasteiger partial charge in [0.05, 0.1) is 0 Å². The molecular weight excluding hydrogens is 258 g/mol. The summed E-state index contributed by atoms with van der Waals surface area (Å²) >= 11 is 0. The fourth-order valence-corrected chi connectivity index (χ4v) is 2.25.